The molecular formula is C20H16OS. The molecule has 22 heavy (non-hydrogen) atoms. The normalized spacial score (nSPS) is 10.4. The largest absolute Gasteiger partial charge is 0.298 e. The first-order valence-electron chi connectivity index (χ1n) is 7.15. The zero-order chi connectivity index (χ0) is 15.4. The third kappa shape index (κ3) is 3.46. The average Bonchev–Trinajstić information content (AvgIpc) is 2.58. The van der Waals surface area contributed by atoms with Gasteiger partial charge in [0.05, 0.1) is 0 Å². The van der Waals surface area contributed by atoms with Gasteiger partial charge in [0.1, 0.15) is 6.29 Å². The maximum absolute atomic E-state index is 10.7. The van der Waals surface area contributed by atoms with Crippen LogP contribution in [0.2, 0.25) is 0 Å². The molecule has 0 spiro atoms. The van der Waals surface area contributed by atoms with E-state index >= 15 is 0 Å². The lowest BCUT2D eigenvalue weighted by atomic mass is 10.0. The Kier molecular flexibility index (Phi) is 4.40. The van der Waals surface area contributed by atoms with Gasteiger partial charge in [-0.1, -0.05) is 65.9 Å². The maximum Gasteiger partial charge on any atom is 0.150 e. The van der Waals surface area contributed by atoms with Crippen LogP contribution in [0, 0.1) is 6.92 Å². The van der Waals surface area contributed by atoms with Crippen LogP contribution >= 0.6 is 11.8 Å². The van der Waals surface area contributed by atoms with Crippen LogP contribution in [-0.4, -0.2) is 6.29 Å². The van der Waals surface area contributed by atoms with Crippen molar-refractivity contribution in [3.8, 4) is 11.1 Å². The van der Waals surface area contributed by atoms with Gasteiger partial charge in [-0.15, -0.1) is 0 Å². The summed E-state index contributed by atoms with van der Waals surface area (Å²) in [6, 6.07) is 24.7. The molecule has 0 fully saturated rings. The third-order valence-corrected chi connectivity index (χ3v) is 4.51. The summed E-state index contributed by atoms with van der Waals surface area (Å²) in [6.07, 6.45) is 0.866. The van der Waals surface area contributed by atoms with Crippen LogP contribution in [-0.2, 0) is 0 Å². The van der Waals surface area contributed by atoms with Crippen LogP contribution in [0.25, 0.3) is 11.1 Å². The molecule has 0 aliphatic carbocycles. The van der Waals surface area contributed by atoms with Crippen LogP contribution in [0.1, 0.15) is 15.9 Å². The quantitative estimate of drug-likeness (QED) is 0.581. The molecule has 0 saturated carbocycles. The lowest BCUT2D eigenvalue weighted by Gasteiger charge is -2.05. The SMILES string of the molecule is Cc1ccc(Sc2ccc(-c3ccc(C=O)cc3)cc2)cc1. The van der Waals surface area contributed by atoms with Crippen molar-refractivity contribution in [3.05, 3.63) is 83.9 Å². The van der Waals surface area contributed by atoms with Gasteiger partial charge in [0.15, 0.2) is 0 Å². The summed E-state index contributed by atoms with van der Waals surface area (Å²) in [4.78, 5) is 13.2. The minimum atomic E-state index is 0.704. The van der Waals surface area contributed by atoms with E-state index in [4.69, 9.17) is 0 Å². The van der Waals surface area contributed by atoms with Crippen LogP contribution in [0.15, 0.2) is 82.6 Å². The molecule has 0 unspecified atom stereocenters. The Hall–Kier alpha value is -2.32. The summed E-state index contributed by atoms with van der Waals surface area (Å²) in [6.45, 7) is 2.10. The molecule has 1 nitrogen and oxygen atoms in total. The number of rotatable bonds is 4. The summed E-state index contributed by atoms with van der Waals surface area (Å²) >= 11 is 1.76. The van der Waals surface area contributed by atoms with E-state index in [0.29, 0.717) is 5.56 Å². The number of carbonyl (C=O) groups is 1. The van der Waals surface area contributed by atoms with E-state index in [1.807, 2.05) is 24.3 Å². The summed E-state index contributed by atoms with van der Waals surface area (Å²) < 4.78 is 0. The van der Waals surface area contributed by atoms with Crippen molar-refractivity contribution >= 4 is 18.0 Å². The van der Waals surface area contributed by atoms with Crippen LogP contribution in [0.5, 0.6) is 0 Å². The zero-order valence-electron chi connectivity index (χ0n) is 12.3. The monoisotopic (exact) mass is 304 g/mol. The summed E-state index contributed by atoms with van der Waals surface area (Å²) in [5, 5.41) is 0. The predicted octanol–water partition coefficient (Wildman–Crippen LogP) is 5.63. The molecular weight excluding hydrogens is 288 g/mol. The van der Waals surface area contributed by atoms with E-state index in [1.54, 1.807) is 11.8 Å². The Bertz CT molecular complexity index is 756. The Balaban J connectivity index is 1.76. The van der Waals surface area contributed by atoms with Gasteiger partial charge in [0, 0.05) is 15.4 Å². The van der Waals surface area contributed by atoms with E-state index in [9.17, 15) is 4.79 Å². The van der Waals surface area contributed by atoms with Gasteiger partial charge in [0.25, 0.3) is 0 Å². The molecule has 0 atom stereocenters. The molecule has 0 radical (unpaired) electrons. The van der Waals surface area contributed by atoms with Gasteiger partial charge in [-0.25, -0.2) is 0 Å². The highest BCUT2D eigenvalue weighted by atomic mass is 32.2. The fourth-order valence-electron chi connectivity index (χ4n) is 2.21. The summed E-state index contributed by atoms with van der Waals surface area (Å²) in [5.41, 5.74) is 4.26. The molecule has 0 aliphatic rings. The second kappa shape index (κ2) is 6.63. The van der Waals surface area contributed by atoms with Crippen LogP contribution < -0.4 is 0 Å². The van der Waals surface area contributed by atoms with Crippen molar-refractivity contribution in [2.45, 2.75) is 16.7 Å². The Morgan fingerprint density at radius 2 is 1.14 bits per heavy atom. The second-order valence-electron chi connectivity index (χ2n) is 5.18. The van der Waals surface area contributed by atoms with Crippen molar-refractivity contribution in [2.75, 3.05) is 0 Å². The molecule has 2 heteroatoms. The molecule has 108 valence electrons. The molecule has 0 aromatic heterocycles. The molecule has 0 amide bonds. The molecule has 3 aromatic rings. The predicted molar refractivity (Wildman–Crippen MR) is 92.6 cm³/mol. The lowest BCUT2D eigenvalue weighted by molar-refractivity contribution is 0.112. The van der Waals surface area contributed by atoms with Crippen LogP contribution in [0.4, 0.5) is 0 Å². The first-order chi connectivity index (χ1) is 10.7. The molecule has 0 saturated heterocycles. The standard InChI is InChI=1S/C20H16OS/c1-15-2-10-19(11-3-15)22-20-12-8-18(9-13-20)17-6-4-16(14-21)5-7-17/h2-14H,1H3. The fourth-order valence-corrected chi connectivity index (χ4v) is 3.03. The summed E-state index contributed by atoms with van der Waals surface area (Å²) in [7, 11) is 0. The molecule has 0 aliphatic heterocycles. The van der Waals surface area contributed by atoms with Gasteiger partial charge < -0.3 is 0 Å². The first kappa shape index (κ1) is 14.6. The fraction of sp³-hybridized carbons (Fsp3) is 0.0500. The molecule has 3 aromatic carbocycles. The molecule has 0 bridgehead atoms. The number of aldehydes is 1. The Morgan fingerprint density at radius 1 is 0.682 bits per heavy atom. The third-order valence-electron chi connectivity index (χ3n) is 3.49. The van der Waals surface area contributed by atoms with Gasteiger partial charge >= 0.3 is 0 Å². The number of hydrogen-bond acceptors (Lipinski definition) is 2. The van der Waals surface area contributed by atoms with Crippen molar-refractivity contribution in [1.82, 2.24) is 0 Å². The highest BCUT2D eigenvalue weighted by Crippen LogP contribution is 2.30. The smallest absolute Gasteiger partial charge is 0.150 e. The number of hydrogen-bond donors (Lipinski definition) is 0. The van der Waals surface area contributed by atoms with Crippen molar-refractivity contribution in [2.24, 2.45) is 0 Å². The van der Waals surface area contributed by atoms with E-state index < -0.39 is 0 Å². The van der Waals surface area contributed by atoms with Gasteiger partial charge in [-0.3, -0.25) is 4.79 Å². The van der Waals surface area contributed by atoms with E-state index in [1.165, 1.54) is 15.4 Å². The second-order valence-corrected chi connectivity index (χ2v) is 6.33. The maximum atomic E-state index is 10.7. The molecule has 0 N–H and O–H groups in total. The molecule has 0 heterocycles. The lowest BCUT2D eigenvalue weighted by Crippen LogP contribution is -1.81. The topological polar surface area (TPSA) is 17.1 Å². The van der Waals surface area contributed by atoms with E-state index in [0.717, 1.165) is 17.4 Å². The van der Waals surface area contributed by atoms with Gasteiger partial charge in [0.2, 0.25) is 0 Å². The Morgan fingerprint density at radius 3 is 1.64 bits per heavy atom. The van der Waals surface area contributed by atoms with Gasteiger partial charge in [-0.05, 0) is 42.3 Å². The highest BCUT2D eigenvalue weighted by molar-refractivity contribution is 7.99. The average molecular weight is 304 g/mol. The van der Waals surface area contributed by atoms with Crippen LogP contribution in [0.3, 0.4) is 0 Å². The van der Waals surface area contributed by atoms with Crippen molar-refractivity contribution in [3.63, 3.8) is 0 Å². The van der Waals surface area contributed by atoms with E-state index in [2.05, 4.69) is 55.5 Å². The minimum absolute atomic E-state index is 0.704. The Labute approximate surface area is 135 Å². The zero-order valence-corrected chi connectivity index (χ0v) is 13.1. The van der Waals surface area contributed by atoms with Gasteiger partial charge in [-0.2, -0.15) is 0 Å². The first-order valence-corrected chi connectivity index (χ1v) is 7.96. The van der Waals surface area contributed by atoms with Crippen molar-refractivity contribution in [1.29, 1.82) is 0 Å². The van der Waals surface area contributed by atoms with E-state index in [-0.39, 0.29) is 0 Å². The highest BCUT2D eigenvalue weighted by Gasteiger charge is 2.01. The number of carbonyl (C=O) groups excluding carboxylic acids is 1. The summed E-state index contributed by atoms with van der Waals surface area (Å²) in [5.74, 6) is 0. The number of benzene rings is 3. The number of aryl methyl sites for hydroxylation is 1. The molecule has 3 rings (SSSR count). The van der Waals surface area contributed by atoms with Crippen molar-refractivity contribution < 1.29 is 4.79 Å². The minimum Gasteiger partial charge on any atom is -0.298 e.